The fourth-order valence-electron chi connectivity index (χ4n) is 4.34. The Hall–Kier alpha value is -0.690. The number of carbonyl (C=O) groups excluding carboxylic acids is 1. The van der Waals surface area contributed by atoms with Crippen LogP contribution < -0.4 is 0 Å². The van der Waals surface area contributed by atoms with Crippen LogP contribution in [0, 0.1) is 11.3 Å². The third kappa shape index (κ3) is 2.77. The molecule has 6 heteroatoms. The van der Waals surface area contributed by atoms with Crippen molar-refractivity contribution in [2.45, 2.75) is 69.2 Å². The van der Waals surface area contributed by atoms with Crippen molar-refractivity contribution in [2.24, 2.45) is 11.3 Å². The van der Waals surface area contributed by atoms with Crippen LogP contribution in [0.15, 0.2) is 0 Å². The van der Waals surface area contributed by atoms with Crippen LogP contribution in [-0.2, 0) is 23.7 Å². The molecule has 6 nitrogen and oxygen atoms in total. The minimum Gasteiger partial charge on any atom is -0.462 e. The van der Waals surface area contributed by atoms with E-state index >= 15 is 0 Å². The molecule has 5 atom stereocenters. The molecule has 0 aromatic heterocycles. The highest BCUT2D eigenvalue weighted by atomic mass is 16.7. The van der Waals surface area contributed by atoms with E-state index < -0.39 is 12.2 Å². The van der Waals surface area contributed by atoms with Gasteiger partial charge in [0.25, 0.3) is 6.47 Å². The number of ether oxygens (including phenoxy) is 4. The monoisotopic (exact) mass is 312 g/mol. The molecule has 4 fully saturated rings. The average molecular weight is 312 g/mol. The largest absolute Gasteiger partial charge is 0.462 e. The van der Waals surface area contributed by atoms with Crippen LogP contribution in [0.2, 0.25) is 0 Å². The number of carbonyl (C=O) groups is 1. The molecule has 1 N–H and O–H groups in total. The lowest BCUT2D eigenvalue weighted by Gasteiger charge is -2.47. The van der Waals surface area contributed by atoms with Crippen molar-refractivity contribution in [2.75, 3.05) is 13.2 Å². The van der Waals surface area contributed by atoms with E-state index in [1.165, 1.54) is 0 Å². The van der Waals surface area contributed by atoms with Crippen LogP contribution in [0.1, 0.15) is 38.5 Å². The highest BCUT2D eigenvalue weighted by Gasteiger charge is 2.49. The van der Waals surface area contributed by atoms with Crippen molar-refractivity contribution in [1.82, 2.24) is 0 Å². The number of hydrogen-bond donors (Lipinski definition) is 1. The van der Waals surface area contributed by atoms with E-state index in [0.717, 1.165) is 25.7 Å². The standard InChI is InChI=1S/C16H24O6/c17-9-21-14-6-16(4-3-11(14)18)7-19-15(20-8-16)10-1-2-12-13(5-10)22-12/h9-15,18H,1-8H2. The molecule has 2 heterocycles. The number of rotatable bonds is 3. The predicted octanol–water partition coefficient (Wildman–Crippen LogP) is 1.000. The van der Waals surface area contributed by atoms with Gasteiger partial charge in [-0.1, -0.05) is 0 Å². The van der Waals surface area contributed by atoms with Gasteiger partial charge in [-0.25, -0.2) is 0 Å². The van der Waals surface area contributed by atoms with Crippen molar-refractivity contribution < 1.29 is 28.8 Å². The highest BCUT2D eigenvalue weighted by Crippen LogP contribution is 2.45. The van der Waals surface area contributed by atoms with Crippen LogP contribution in [-0.4, -0.2) is 55.5 Å². The van der Waals surface area contributed by atoms with E-state index in [4.69, 9.17) is 18.9 Å². The summed E-state index contributed by atoms with van der Waals surface area (Å²) in [5.74, 6) is 0.428. The van der Waals surface area contributed by atoms with Gasteiger partial charge in [0.15, 0.2) is 6.29 Å². The number of aliphatic hydroxyl groups excluding tert-OH is 1. The second kappa shape index (κ2) is 5.74. The number of hydrogen-bond acceptors (Lipinski definition) is 6. The zero-order valence-corrected chi connectivity index (χ0v) is 12.7. The second-order valence-electron chi connectivity index (χ2n) is 7.36. The molecule has 5 unspecified atom stereocenters. The minimum absolute atomic E-state index is 0.128. The van der Waals surface area contributed by atoms with E-state index in [1.807, 2.05) is 0 Å². The smallest absolute Gasteiger partial charge is 0.293 e. The summed E-state index contributed by atoms with van der Waals surface area (Å²) in [6.07, 6.45) is 5.11. The Morgan fingerprint density at radius 2 is 1.95 bits per heavy atom. The maximum absolute atomic E-state index is 10.6. The topological polar surface area (TPSA) is 77.5 Å². The lowest BCUT2D eigenvalue weighted by molar-refractivity contribution is -0.266. The molecular weight excluding hydrogens is 288 g/mol. The third-order valence-electron chi connectivity index (χ3n) is 5.80. The van der Waals surface area contributed by atoms with Crippen LogP contribution >= 0.6 is 0 Å². The Labute approximate surface area is 130 Å². The maximum atomic E-state index is 10.6. The lowest BCUT2D eigenvalue weighted by Crippen LogP contribution is -2.51. The summed E-state index contributed by atoms with van der Waals surface area (Å²) in [5, 5.41) is 9.92. The molecule has 2 aliphatic heterocycles. The minimum atomic E-state index is -0.573. The molecule has 124 valence electrons. The molecule has 0 aromatic carbocycles. The first kappa shape index (κ1) is 14.9. The predicted molar refractivity (Wildman–Crippen MR) is 74.9 cm³/mol. The summed E-state index contributed by atoms with van der Waals surface area (Å²) >= 11 is 0. The molecule has 0 aromatic rings. The van der Waals surface area contributed by atoms with E-state index in [-0.39, 0.29) is 11.7 Å². The molecule has 2 saturated heterocycles. The Morgan fingerprint density at radius 3 is 2.68 bits per heavy atom. The Balaban J connectivity index is 1.33. The summed E-state index contributed by atoms with van der Waals surface area (Å²) in [4.78, 5) is 10.6. The van der Waals surface area contributed by atoms with E-state index in [9.17, 15) is 9.90 Å². The molecular formula is C16H24O6. The molecule has 4 rings (SSSR count). The van der Waals surface area contributed by atoms with Gasteiger partial charge in [0.1, 0.15) is 6.10 Å². The molecule has 4 aliphatic rings. The van der Waals surface area contributed by atoms with Gasteiger partial charge in [-0.15, -0.1) is 0 Å². The molecule has 0 amide bonds. The summed E-state index contributed by atoms with van der Waals surface area (Å²) < 4.78 is 22.7. The van der Waals surface area contributed by atoms with E-state index in [1.54, 1.807) is 0 Å². The van der Waals surface area contributed by atoms with Gasteiger partial charge in [0.05, 0.1) is 31.5 Å². The third-order valence-corrected chi connectivity index (χ3v) is 5.80. The Bertz CT molecular complexity index is 419. The lowest BCUT2D eigenvalue weighted by atomic mass is 9.72. The molecule has 22 heavy (non-hydrogen) atoms. The molecule has 2 aliphatic carbocycles. The molecule has 0 bridgehead atoms. The Morgan fingerprint density at radius 1 is 1.14 bits per heavy atom. The first-order chi connectivity index (χ1) is 10.7. The number of aliphatic hydroxyl groups is 1. The molecule has 1 spiro atoms. The first-order valence-electron chi connectivity index (χ1n) is 8.35. The zero-order valence-electron chi connectivity index (χ0n) is 12.7. The second-order valence-corrected chi connectivity index (χ2v) is 7.36. The molecule has 2 saturated carbocycles. The van der Waals surface area contributed by atoms with Crippen molar-refractivity contribution in [3.05, 3.63) is 0 Å². The zero-order chi connectivity index (χ0) is 15.2. The maximum Gasteiger partial charge on any atom is 0.293 e. The summed E-state index contributed by atoms with van der Waals surface area (Å²) in [5.41, 5.74) is -0.128. The van der Waals surface area contributed by atoms with Gasteiger partial charge in [-0.2, -0.15) is 0 Å². The normalized spacial score (nSPS) is 51.1. The highest BCUT2D eigenvalue weighted by molar-refractivity contribution is 5.37. The van der Waals surface area contributed by atoms with Crippen LogP contribution in [0.3, 0.4) is 0 Å². The Kier molecular flexibility index (Phi) is 3.88. The summed E-state index contributed by atoms with van der Waals surface area (Å²) in [6.45, 7) is 1.66. The van der Waals surface area contributed by atoms with Gasteiger partial charge in [-0.05, 0) is 38.5 Å². The van der Waals surface area contributed by atoms with Gasteiger partial charge < -0.3 is 24.1 Å². The van der Waals surface area contributed by atoms with Gasteiger partial charge in [-0.3, -0.25) is 4.79 Å². The quantitative estimate of drug-likeness (QED) is 0.619. The van der Waals surface area contributed by atoms with Crippen molar-refractivity contribution >= 4 is 6.47 Å². The first-order valence-corrected chi connectivity index (χ1v) is 8.35. The SMILES string of the molecule is O=COC1CC2(CCC1O)COC(C1CCC3OC3C1)OC2. The van der Waals surface area contributed by atoms with Crippen LogP contribution in [0.25, 0.3) is 0 Å². The number of epoxide rings is 1. The van der Waals surface area contributed by atoms with Gasteiger partial charge >= 0.3 is 0 Å². The molecule has 0 radical (unpaired) electrons. The van der Waals surface area contributed by atoms with Crippen LogP contribution in [0.5, 0.6) is 0 Å². The van der Waals surface area contributed by atoms with Gasteiger partial charge in [0.2, 0.25) is 0 Å². The van der Waals surface area contributed by atoms with E-state index in [0.29, 0.717) is 50.7 Å². The van der Waals surface area contributed by atoms with Gasteiger partial charge in [0, 0.05) is 11.3 Å². The number of fused-ring (bicyclic) bond motifs is 1. The van der Waals surface area contributed by atoms with Crippen LogP contribution in [0.4, 0.5) is 0 Å². The average Bonchev–Trinajstić information content (AvgIpc) is 3.31. The van der Waals surface area contributed by atoms with Crippen molar-refractivity contribution in [3.8, 4) is 0 Å². The fourth-order valence-corrected chi connectivity index (χ4v) is 4.34. The van der Waals surface area contributed by atoms with Crippen molar-refractivity contribution in [3.63, 3.8) is 0 Å². The fraction of sp³-hybridized carbons (Fsp3) is 0.938. The van der Waals surface area contributed by atoms with Crippen molar-refractivity contribution in [1.29, 1.82) is 0 Å². The summed E-state index contributed by atoms with van der Waals surface area (Å²) in [7, 11) is 0. The van der Waals surface area contributed by atoms with E-state index in [2.05, 4.69) is 0 Å². The summed E-state index contributed by atoms with van der Waals surface area (Å²) in [6, 6.07) is 0.